The van der Waals surface area contributed by atoms with Gasteiger partial charge in [0.25, 0.3) is 5.91 Å². The minimum atomic E-state index is -0.904. The summed E-state index contributed by atoms with van der Waals surface area (Å²) >= 11 is 0. The van der Waals surface area contributed by atoms with Gasteiger partial charge < -0.3 is 19.5 Å². The van der Waals surface area contributed by atoms with Crippen LogP contribution in [0, 0.1) is 11.3 Å². The second-order valence-corrected chi connectivity index (χ2v) is 8.10. The predicted molar refractivity (Wildman–Crippen MR) is 93.5 cm³/mol. The smallest absolute Gasteiger partial charge is 0.326 e. The first-order chi connectivity index (χ1) is 12.4. The Labute approximate surface area is 152 Å². The van der Waals surface area contributed by atoms with E-state index in [9.17, 15) is 19.5 Å². The van der Waals surface area contributed by atoms with Crippen LogP contribution in [0.5, 0.6) is 0 Å². The summed E-state index contributed by atoms with van der Waals surface area (Å²) in [6.07, 6.45) is 5.63. The first kappa shape index (κ1) is 17.1. The Balaban J connectivity index is 1.44. The van der Waals surface area contributed by atoms with Gasteiger partial charge in [0.15, 0.2) is 0 Å². The van der Waals surface area contributed by atoms with Crippen molar-refractivity contribution in [3.63, 3.8) is 0 Å². The SMILES string of the molecule is Cn1cccc1C(=O)N1CCC2(CC1)C[C@H](C(=O)O)N(C(=O)C1CC1)C2. The maximum absolute atomic E-state index is 12.7. The molecule has 2 aliphatic heterocycles. The van der Waals surface area contributed by atoms with E-state index in [0.29, 0.717) is 31.7 Å². The number of rotatable bonds is 3. The molecule has 1 spiro atoms. The molecule has 2 amide bonds. The van der Waals surface area contributed by atoms with Gasteiger partial charge in [-0.3, -0.25) is 9.59 Å². The van der Waals surface area contributed by atoms with Crippen molar-refractivity contribution in [2.45, 2.75) is 38.1 Å². The van der Waals surface area contributed by atoms with Crippen LogP contribution >= 0.6 is 0 Å². The van der Waals surface area contributed by atoms with E-state index < -0.39 is 12.0 Å². The van der Waals surface area contributed by atoms with Gasteiger partial charge in [-0.15, -0.1) is 0 Å². The van der Waals surface area contributed by atoms with Gasteiger partial charge in [0.05, 0.1) is 0 Å². The summed E-state index contributed by atoms with van der Waals surface area (Å²) < 4.78 is 1.82. The highest BCUT2D eigenvalue weighted by Crippen LogP contribution is 2.45. The normalized spacial score (nSPS) is 24.9. The summed E-state index contributed by atoms with van der Waals surface area (Å²) in [6, 6.07) is 2.96. The number of carbonyl (C=O) groups excluding carboxylic acids is 2. The Kier molecular flexibility index (Phi) is 4.04. The Morgan fingerprint density at radius 2 is 1.88 bits per heavy atom. The number of carboxylic acids is 1. The molecular weight excluding hydrogens is 334 g/mol. The third-order valence-electron chi connectivity index (χ3n) is 6.28. The molecule has 2 saturated heterocycles. The van der Waals surface area contributed by atoms with Gasteiger partial charge in [-0.1, -0.05) is 0 Å². The van der Waals surface area contributed by atoms with E-state index in [4.69, 9.17) is 0 Å². The zero-order chi connectivity index (χ0) is 18.5. The van der Waals surface area contributed by atoms with Crippen molar-refractivity contribution in [2.75, 3.05) is 19.6 Å². The maximum atomic E-state index is 12.7. The van der Waals surface area contributed by atoms with E-state index in [2.05, 4.69) is 0 Å². The quantitative estimate of drug-likeness (QED) is 0.883. The van der Waals surface area contributed by atoms with Gasteiger partial charge in [0.1, 0.15) is 11.7 Å². The molecule has 3 fully saturated rings. The molecule has 7 heteroatoms. The molecule has 3 heterocycles. The molecule has 0 radical (unpaired) electrons. The summed E-state index contributed by atoms with van der Waals surface area (Å²) in [4.78, 5) is 40.3. The molecular formula is C19H25N3O4. The number of likely N-dealkylation sites (tertiary alicyclic amines) is 2. The number of nitrogens with zero attached hydrogens (tertiary/aromatic N) is 3. The van der Waals surface area contributed by atoms with Crippen LogP contribution in [0.1, 0.15) is 42.6 Å². The van der Waals surface area contributed by atoms with Gasteiger partial charge in [-0.05, 0) is 49.7 Å². The second kappa shape index (κ2) is 6.14. The van der Waals surface area contributed by atoms with E-state index in [1.807, 2.05) is 34.8 Å². The fraction of sp³-hybridized carbons (Fsp3) is 0.632. The molecule has 0 unspecified atom stereocenters. The molecule has 26 heavy (non-hydrogen) atoms. The third kappa shape index (κ3) is 2.89. The van der Waals surface area contributed by atoms with Crippen LogP contribution in [-0.4, -0.2) is 62.9 Å². The molecule has 1 aromatic heterocycles. The zero-order valence-electron chi connectivity index (χ0n) is 15.1. The molecule has 140 valence electrons. The van der Waals surface area contributed by atoms with Gasteiger partial charge >= 0.3 is 5.97 Å². The highest BCUT2D eigenvalue weighted by atomic mass is 16.4. The molecule has 1 saturated carbocycles. The number of hydrogen-bond acceptors (Lipinski definition) is 3. The topological polar surface area (TPSA) is 82.8 Å². The van der Waals surface area contributed by atoms with Crippen LogP contribution < -0.4 is 0 Å². The van der Waals surface area contributed by atoms with E-state index in [1.54, 1.807) is 4.90 Å². The number of carbonyl (C=O) groups is 3. The molecule has 1 N–H and O–H groups in total. The van der Waals surface area contributed by atoms with Crippen molar-refractivity contribution in [3.8, 4) is 0 Å². The molecule has 0 bridgehead atoms. The minimum absolute atomic E-state index is 0.0107. The monoisotopic (exact) mass is 359 g/mol. The van der Waals surface area contributed by atoms with Crippen molar-refractivity contribution in [1.29, 1.82) is 0 Å². The molecule has 3 aliphatic rings. The molecule has 1 atom stereocenters. The number of aromatic nitrogens is 1. The predicted octanol–water partition coefficient (Wildman–Crippen LogP) is 1.34. The van der Waals surface area contributed by atoms with Gasteiger partial charge in [-0.25, -0.2) is 4.79 Å². The van der Waals surface area contributed by atoms with Crippen molar-refractivity contribution in [3.05, 3.63) is 24.0 Å². The van der Waals surface area contributed by atoms with Gasteiger partial charge in [0, 0.05) is 38.8 Å². The van der Waals surface area contributed by atoms with Crippen LogP contribution in [0.4, 0.5) is 0 Å². The van der Waals surface area contributed by atoms with Crippen LogP contribution in [0.2, 0.25) is 0 Å². The van der Waals surface area contributed by atoms with Gasteiger partial charge in [0.2, 0.25) is 5.91 Å². The van der Waals surface area contributed by atoms with Crippen LogP contribution in [0.25, 0.3) is 0 Å². The number of hydrogen-bond donors (Lipinski definition) is 1. The lowest BCUT2D eigenvalue weighted by Gasteiger charge is -2.39. The third-order valence-corrected chi connectivity index (χ3v) is 6.28. The summed E-state index contributed by atoms with van der Waals surface area (Å²) in [5.74, 6) is -0.841. The summed E-state index contributed by atoms with van der Waals surface area (Å²) in [6.45, 7) is 1.75. The number of piperidine rings is 1. The van der Waals surface area contributed by atoms with Crippen LogP contribution in [0.15, 0.2) is 18.3 Å². The van der Waals surface area contributed by atoms with Crippen molar-refractivity contribution >= 4 is 17.8 Å². The lowest BCUT2D eigenvalue weighted by Crippen LogP contribution is -2.45. The van der Waals surface area contributed by atoms with E-state index >= 15 is 0 Å². The average molecular weight is 359 g/mol. The minimum Gasteiger partial charge on any atom is -0.480 e. The molecule has 0 aromatic carbocycles. The number of aliphatic carboxylic acids is 1. The lowest BCUT2D eigenvalue weighted by molar-refractivity contribution is -0.148. The Morgan fingerprint density at radius 3 is 2.42 bits per heavy atom. The number of aryl methyl sites for hydroxylation is 1. The van der Waals surface area contributed by atoms with E-state index in [1.165, 1.54) is 0 Å². The van der Waals surface area contributed by atoms with Crippen LogP contribution in [0.3, 0.4) is 0 Å². The first-order valence-electron chi connectivity index (χ1n) is 9.34. The average Bonchev–Trinajstić information content (AvgIpc) is 3.28. The zero-order valence-corrected chi connectivity index (χ0v) is 15.1. The summed E-state index contributed by atoms with van der Waals surface area (Å²) in [5.41, 5.74) is 0.500. The summed E-state index contributed by atoms with van der Waals surface area (Å²) in [7, 11) is 1.86. The van der Waals surface area contributed by atoms with Crippen molar-refractivity contribution in [1.82, 2.24) is 14.4 Å². The first-order valence-corrected chi connectivity index (χ1v) is 9.34. The maximum Gasteiger partial charge on any atom is 0.326 e. The lowest BCUT2D eigenvalue weighted by atomic mass is 9.76. The highest BCUT2D eigenvalue weighted by molar-refractivity contribution is 5.93. The largest absolute Gasteiger partial charge is 0.480 e. The fourth-order valence-electron chi connectivity index (χ4n) is 4.47. The number of carboxylic acid groups (broad SMARTS) is 1. The van der Waals surface area contributed by atoms with E-state index in [0.717, 1.165) is 25.7 Å². The van der Waals surface area contributed by atoms with Crippen molar-refractivity contribution < 1.29 is 19.5 Å². The van der Waals surface area contributed by atoms with Crippen molar-refractivity contribution in [2.24, 2.45) is 18.4 Å². The van der Waals surface area contributed by atoms with E-state index in [-0.39, 0.29) is 23.1 Å². The number of amides is 2. The Bertz CT molecular complexity index is 744. The van der Waals surface area contributed by atoms with Crippen LogP contribution in [-0.2, 0) is 16.6 Å². The Hall–Kier alpha value is -2.31. The molecule has 7 nitrogen and oxygen atoms in total. The van der Waals surface area contributed by atoms with Gasteiger partial charge in [-0.2, -0.15) is 0 Å². The fourth-order valence-corrected chi connectivity index (χ4v) is 4.47. The summed E-state index contributed by atoms with van der Waals surface area (Å²) in [5, 5.41) is 9.58. The standard InChI is InChI=1S/C19H25N3O4/c1-20-8-2-3-14(20)17(24)21-9-6-19(7-10-21)11-15(18(25)26)22(12-19)16(23)13-4-5-13/h2-3,8,13,15H,4-7,9-12H2,1H3,(H,25,26)/t15-/m1/s1. The second-order valence-electron chi connectivity index (χ2n) is 8.10. The molecule has 1 aliphatic carbocycles. The Morgan fingerprint density at radius 1 is 1.19 bits per heavy atom. The molecule has 4 rings (SSSR count). The molecule has 1 aromatic rings. The highest BCUT2D eigenvalue weighted by Gasteiger charge is 2.52.